The summed E-state index contributed by atoms with van der Waals surface area (Å²) in [4.78, 5) is 39.5. The number of nitrogens with one attached hydrogen (secondary N) is 1. The van der Waals surface area contributed by atoms with Crippen molar-refractivity contribution in [3.63, 3.8) is 0 Å². The largest absolute Gasteiger partial charge is 0.379 e. The highest BCUT2D eigenvalue weighted by molar-refractivity contribution is 7.52. The molecule has 2 rings (SSSR count). The molecule has 14 heteroatoms. The zero-order chi connectivity index (χ0) is 32.2. The first-order valence-electron chi connectivity index (χ1n) is 16.3. The number of aromatic nitrogens is 2. The monoisotopic (exact) mass is 643 g/mol. The molecule has 0 amide bonds. The Hall–Kier alpha value is -1.98. The molecule has 1 saturated heterocycles. The summed E-state index contributed by atoms with van der Waals surface area (Å²) in [6.07, 6.45) is 16.8. The molecule has 0 radical (unpaired) electrons. The van der Waals surface area contributed by atoms with Gasteiger partial charge in [-0.2, -0.15) is 0 Å². The van der Waals surface area contributed by atoms with Crippen LogP contribution < -0.4 is 11.2 Å². The van der Waals surface area contributed by atoms with Gasteiger partial charge in [0.2, 0.25) is 0 Å². The van der Waals surface area contributed by atoms with E-state index < -0.39 is 43.3 Å². The summed E-state index contributed by atoms with van der Waals surface area (Å²) >= 11 is 0. The van der Waals surface area contributed by atoms with Crippen LogP contribution in [0.4, 0.5) is 0 Å². The Bertz CT molecular complexity index is 1150. The fraction of sp³-hybridized carbons (Fsp3) is 0.867. The average molecular weight is 644 g/mol. The van der Waals surface area contributed by atoms with E-state index in [0.717, 1.165) is 12.8 Å². The van der Waals surface area contributed by atoms with Gasteiger partial charge in [-0.15, -0.1) is 0 Å². The smallest absolute Gasteiger partial charge is 0.330 e. The van der Waals surface area contributed by atoms with E-state index in [4.69, 9.17) is 24.3 Å². The Labute approximate surface area is 261 Å². The molecule has 0 aliphatic carbocycles. The molecule has 0 bridgehead atoms. The van der Waals surface area contributed by atoms with Crippen molar-refractivity contribution in [2.75, 3.05) is 33.1 Å². The molecule has 0 spiro atoms. The molecular formula is C30H54N5O8P. The second kappa shape index (κ2) is 21.7. The molecule has 1 aromatic heterocycles. The van der Waals surface area contributed by atoms with E-state index >= 15 is 0 Å². The molecule has 252 valence electrons. The molecular weight excluding hydrogens is 589 g/mol. The number of nitrogens with zero attached hydrogens (tertiary/aromatic N) is 4. The van der Waals surface area contributed by atoms with Crippen molar-refractivity contribution in [3.05, 3.63) is 43.0 Å². The summed E-state index contributed by atoms with van der Waals surface area (Å²) in [5, 5.41) is 3.71. The Kier molecular flexibility index (Phi) is 18.8. The third-order valence-electron chi connectivity index (χ3n) is 8.01. The maximum Gasteiger partial charge on any atom is 0.330 e. The molecule has 1 aliphatic heterocycles. The molecule has 1 aliphatic rings. The third kappa shape index (κ3) is 14.9. The van der Waals surface area contributed by atoms with Gasteiger partial charge in [0.1, 0.15) is 6.23 Å². The SMILES string of the molecule is CCCCCCCCCCCCCCCCOCC(CP(=O)(O)OC[C@H]1O[C@@H](n2cc(C)c(=O)[nH]c2=O)C[C@@H]1N=[N+]=[N-])OC. The van der Waals surface area contributed by atoms with Crippen LogP contribution >= 0.6 is 7.60 Å². The Morgan fingerprint density at radius 3 is 2.25 bits per heavy atom. The molecule has 13 nitrogen and oxygen atoms in total. The number of azide groups is 1. The van der Waals surface area contributed by atoms with Crippen LogP contribution in [0, 0.1) is 6.92 Å². The predicted molar refractivity (Wildman–Crippen MR) is 170 cm³/mol. The minimum atomic E-state index is -4.11. The van der Waals surface area contributed by atoms with Crippen molar-refractivity contribution in [1.29, 1.82) is 0 Å². The maximum absolute atomic E-state index is 12.8. The van der Waals surface area contributed by atoms with E-state index in [1.54, 1.807) is 6.92 Å². The van der Waals surface area contributed by atoms with E-state index in [1.165, 1.54) is 94.9 Å². The number of H-pyrrole nitrogens is 1. The van der Waals surface area contributed by atoms with Crippen LogP contribution in [-0.4, -0.2) is 65.8 Å². The fourth-order valence-electron chi connectivity index (χ4n) is 5.33. The Morgan fingerprint density at radius 1 is 1.09 bits per heavy atom. The van der Waals surface area contributed by atoms with Crippen molar-refractivity contribution in [2.45, 2.75) is 135 Å². The molecule has 2 N–H and O–H groups in total. The van der Waals surface area contributed by atoms with Crippen LogP contribution in [0.25, 0.3) is 10.4 Å². The van der Waals surface area contributed by atoms with E-state index in [9.17, 15) is 19.0 Å². The van der Waals surface area contributed by atoms with Crippen LogP contribution in [0.3, 0.4) is 0 Å². The average Bonchev–Trinajstić information content (AvgIpc) is 3.39. The number of hydrogen-bond acceptors (Lipinski definition) is 8. The van der Waals surface area contributed by atoms with Crippen LogP contribution in [0.5, 0.6) is 0 Å². The number of unbranched alkanes of at least 4 members (excludes halogenated alkanes) is 13. The highest BCUT2D eigenvalue weighted by Gasteiger charge is 2.38. The lowest BCUT2D eigenvalue weighted by molar-refractivity contribution is -0.0252. The van der Waals surface area contributed by atoms with E-state index in [1.807, 2.05) is 0 Å². The Balaban J connectivity index is 1.62. The second-order valence-corrected chi connectivity index (χ2v) is 13.7. The van der Waals surface area contributed by atoms with Gasteiger partial charge >= 0.3 is 13.3 Å². The quantitative estimate of drug-likeness (QED) is 0.0397. The molecule has 1 fully saturated rings. The summed E-state index contributed by atoms with van der Waals surface area (Å²) in [7, 11) is -2.65. The van der Waals surface area contributed by atoms with Crippen molar-refractivity contribution < 1.29 is 28.2 Å². The van der Waals surface area contributed by atoms with Gasteiger partial charge in [-0.25, -0.2) is 4.79 Å². The van der Waals surface area contributed by atoms with E-state index in [-0.39, 0.29) is 25.8 Å². The molecule has 2 unspecified atom stereocenters. The minimum Gasteiger partial charge on any atom is -0.379 e. The van der Waals surface area contributed by atoms with Gasteiger partial charge in [0, 0.05) is 36.8 Å². The number of hydrogen-bond donors (Lipinski definition) is 2. The van der Waals surface area contributed by atoms with Gasteiger partial charge in [0.25, 0.3) is 5.56 Å². The zero-order valence-electron chi connectivity index (χ0n) is 26.9. The van der Waals surface area contributed by atoms with Crippen LogP contribution in [0.1, 0.15) is 115 Å². The molecule has 0 saturated carbocycles. The number of aromatic amines is 1. The molecule has 44 heavy (non-hydrogen) atoms. The summed E-state index contributed by atoms with van der Waals surface area (Å²) in [5.74, 6) is 0. The highest BCUT2D eigenvalue weighted by atomic mass is 31.2. The van der Waals surface area contributed by atoms with E-state index in [0.29, 0.717) is 12.2 Å². The summed E-state index contributed by atoms with van der Waals surface area (Å²) in [5.41, 5.74) is 8.10. The van der Waals surface area contributed by atoms with Gasteiger partial charge in [-0.3, -0.25) is 18.9 Å². The first-order valence-corrected chi connectivity index (χ1v) is 18.1. The highest BCUT2D eigenvalue weighted by Crippen LogP contribution is 2.44. The van der Waals surface area contributed by atoms with Gasteiger partial charge in [-0.05, 0) is 18.9 Å². The molecule has 5 atom stereocenters. The minimum absolute atomic E-state index is 0.132. The van der Waals surface area contributed by atoms with E-state index in [2.05, 4.69) is 21.9 Å². The summed E-state index contributed by atoms with van der Waals surface area (Å²) in [6.45, 7) is 4.20. The maximum atomic E-state index is 12.8. The van der Waals surface area contributed by atoms with Gasteiger partial charge in [0.15, 0.2) is 0 Å². The van der Waals surface area contributed by atoms with Crippen molar-refractivity contribution in [2.24, 2.45) is 5.11 Å². The summed E-state index contributed by atoms with van der Waals surface area (Å²) in [6, 6.07) is -0.740. The van der Waals surface area contributed by atoms with Crippen LogP contribution in [0.2, 0.25) is 0 Å². The van der Waals surface area contributed by atoms with Crippen LogP contribution in [0.15, 0.2) is 20.9 Å². The second-order valence-electron chi connectivity index (χ2n) is 11.8. The lowest BCUT2D eigenvalue weighted by atomic mass is 10.0. The normalized spacial score (nSPS) is 20.3. The zero-order valence-corrected chi connectivity index (χ0v) is 27.8. The van der Waals surface area contributed by atoms with Crippen molar-refractivity contribution >= 4 is 7.60 Å². The number of rotatable bonds is 25. The van der Waals surface area contributed by atoms with Gasteiger partial charge in [-0.1, -0.05) is 95.5 Å². The molecule has 1 aromatic rings. The number of methoxy groups -OCH3 is 1. The van der Waals surface area contributed by atoms with Crippen molar-refractivity contribution in [3.8, 4) is 0 Å². The van der Waals surface area contributed by atoms with Gasteiger partial charge < -0.3 is 23.6 Å². The van der Waals surface area contributed by atoms with Crippen molar-refractivity contribution in [1.82, 2.24) is 9.55 Å². The third-order valence-corrected chi connectivity index (χ3v) is 9.44. The first kappa shape index (κ1) is 38.2. The van der Waals surface area contributed by atoms with Crippen LogP contribution in [-0.2, 0) is 23.3 Å². The standard InChI is InChI=1S/C30H54N5O8P/c1-4-5-6-7-8-9-10-11-12-13-14-15-16-17-18-41-21-25(40-3)23-44(38,39)42-22-27-26(33-34-31)19-28(43-27)35-20-24(2)29(36)32-30(35)37/h20,25-28H,4-19,21-23H2,1-3H3,(H,38,39)(H,32,36,37)/t25?,26-,27+,28+/m0/s1. The fourth-order valence-corrected chi connectivity index (χ4v) is 6.59. The van der Waals surface area contributed by atoms with Gasteiger partial charge in [0.05, 0.1) is 37.6 Å². The molecule has 0 aromatic carbocycles. The topological polar surface area (TPSA) is 178 Å². The summed E-state index contributed by atoms with van der Waals surface area (Å²) < 4.78 is 36.2. The lowest BCUT2D eigenvalue weighted by Crippen LogP contribution is -2.33. The number of ether oxygens (including phenoxy) is 3. The Morgan fingerprint density at radius 2 is 1.68 bits per heavy atom. The lowest BCUT2D eigenvalue weighted by Gasteiger charge is -2.22. The number of aryl methyl sites for hydroxylation is 1. The first-order chi connectivity index (χ1) is 21.2. The predicted octanol–water partition coefficient (Wildman–Crippen LogP) is 6.53. The molecule has 2 heterocycles.